The fourth-order valence-electron chi connectivity index (χ4n) is 6.38. The van der Waals surface area contributed by atoms with Gasteiger partial charge in [-0.3, -0.25) is 19.2 Å². The Bertz CT molecular complexity index is 2390. The molecule has 4 rings (SSSR count). The number of anilines is 1. The Morgan fingerprint density at radius 1 is 0.712 bits per heavy atom. The molecule has 0 spiro atoms. The molecule has 366 valence electrons. The van der Waals surface area contributed by atoms with E-state index in [1.807, 2.05) is 0 Å². The third-order valence-corrected chi connectivity index (χ3v) is 12.0. The number of nitrogens with zero attached hydrogens (tertiary/aromatic N) is 5. The monoisotopic (exact) mass is 960 g/mol. The molecule has 4 aromatic rings. The van der Waals surface area contributed by atoms with Gasteiger partial charge in [0.25, 0.3) is 25.9 Å². The maximum atomic E-state index is 12.2. The zero-order valence-corrected chi connectivity index (χ0v) is 40.3. The number of nitro groups is 1. The van der Waals surface area contributed by atoms with E-state index in [0.29, 0.717) is 0 Å². The number of hydrogen-bond acceptors (Lipinski definition) is 16. The number of ether oxygens (including phenoxy) is 2. The number of phenols is 1. The van der Waals surface area contributed by atoms with Crippen LogP contribution in [0, 0.1) is 28.9 Å². The largest absolute Gasteiger partial charge is 0.505 e. The van der Waals surface area contributed by atoms with Crippen LogP contribution in [0.25, 0.3) is 10.8 Å². The fraction of sp³-hybridized carbons (Fsp3) is 0.511. The molecule has 4 aromatic carbocycles. The van der Waals surface area contributed by atoms with Crippen molar-refractivity contribution in [2.45, 2.75) is 109 Å². The number of benzene rings is 4. The number of nitro benzene ring substituents is 1. The second-order valence-electron chi connectivity index (χ2n) is 15.5. The first-order valence-corrected chi connectivity index (χ1v) is 25.0. The minimum absolute atomic E-state index is 0.273. The number of para-hydroxylation sites is 1. The molecule has 0 aromatic heterocycles. The number of nitrogen functional groups attached to an aromatic ring is 1. The SMILES string of the molecule is CCCCC(CC)COCCCN.CCCCC(CC)COCCCN.Cc1cccc(N=Nc2c(S(=O)(=O)O)cc3cc(S(=O)(=O)O)c(N=Nc4ccccc4[N+](=O)[O-])c(N)c3c2O)c1. The van der Waals surface area contributed by atoms with Crippen LogP contribution in [0.5, 0.6) is 5.75 Å². The third-order valence-electron chi connectivity index (χ3n) is 10.3. The van der Waals surface area contributed by atoms with E-state index in [1.165, 1.54) is 75.6 Å². The number of rotatable bonds is 25. The Kier molecular flexibility index (Phi) is 25.6. The normalized spacial score (nSPS) is 12.7. The average molecular weight is 961 g/mol. The van der Waals surface area contributed by atoms with Crippen LogP contribution in [0.3, 0.4) is 0 Å². The van der Waals surface area contributed by atoms with E-state index in [-0.39, 0.29) is 22.1 Å². The number of aryl methyl sites for hydroxylation is 1. The molecule has 21 heteroatoms. The summed E-state index contributed by atoms with van der Waals surface area (Å²) >= 11 is 0. The summed E-state index contributed by atoms with van der Waals surface area (Å²) in [4.78, 5) is 8.64. The Morgan fingerprint density at radius 3 is 1.70 bits per heavy atom. The van der Waals surface area contributed by atoms with Crippen LogP contribution in [0.4, 0.5) is 34.1 Å². The zero-order chi connectivity index (χ0) is 49.3. The van der Waals surface area contributed by atoms with Gasteiger partial charge in [0.15, 0.2) is 11.4 Å². The Balaban J connectivity index is 0.000000470. The summed E-state index contributed by atoms with van der Waals surface area (Å²) in [5, 5.41) is 36.7. The molecule has 2 unspecified atom stereocenters. The lowest BCUT2D eigenvalue weighted by atomic mass is 10.0. The molecule has 0 aliphatic rings. The summed E-state index contributed by atoms with van der Waals surface area (Å²) in [7, 11) is -10.2. The maximum absolute atomic E-state index is 12.2. The first-order valence-electron chi connectivity index (χ1n) is 22.1. The first-order chi connectivity index (χ1) is 31.4. The number of phenolic OH excluding ortho intramolecular Hbond substituents is 1. The van der Waals surface area contributed by atoms with Crippen LogP contribution in [0.1, 0.15) is 97.5 Å². The van der Waals surface area contributed by atoms with Gasteiger partial charge in [0.1, 0.15) is 21.2 Å². The second kappa shape index (κ2) is 29.6. The first kappa shape index (κ1) is 57.1. The third kappa shape index (κ3) is 19.1. The molecular weight excluding hydrogens is 893 g/mol. The van der Waals surface area contributed by atoms with Crippen molar-refractivity contribution in [3.63, 3.8) is 0 Å². The summed E-state index contributed by atoms with van der Waals surface area (Å²) in [5.41, 5.74) is 15.1. The van der Waals surface area contributed by atoms with Crippen molar-refractivity contribution in [3.05, 3.63) is 76.3 Å². The van der Waals surface area contributed by atoms with Crippen LogP contribution >= 0.6 is 0 Å². The van der Waals surface area contributed by atoms with Crippen molar-refractivity contribution < 1.29 is 45.4 Å². The minimum Gasteiger partial charge on any atom is -0.505 e. The molecule has 0 bridgehead atoms. The van der Waals surface area contributed by atoms with E-state index in [1.54, 1.807) is 25.1 Å². The lowest BCUT2D eigenvalue weighted by molar-refractivity contribution is -0.384. The smallest absolute Gasteiger partial charge is 0.296 e. The highest BCUT2D eigenvalue weighted by atomic mass is 32.2. The van der Waals surface area contributed by atoms with Crippen molar-refractivity contribution >= 4 is 65.1 Å². The van der Waals surface area contributed by atoms with Crippen LogP contribution in [0.2, 0.25) is 0 Å². The topological polar surface area (TPSA) is 318 Å². The van der Waals surface area contributed by atoms with Crippen molar-refractivity contribution in [1.82, 2.24) is 0 Å². The number of hydrogen-bond donors (Lipinski definition) is 6. The fourth-order valence-corrected chi connectivity index (χ4v) is 7.70. The molecule has 0 fully saturated rings. The van der Waals surface area contributed by atoms with Gasteiger partial charge in [-0.05, 0) is 98.8 Å². The molecule has 19 nitrogen and oxygen atoms in total. The lowest BCUT2D eigenvalue weighted by Crippen LogP contribution is -2.11. The predicted octanol–water partition coefficient (Wildman–Crippen LogP) is 10.8. The Morgan fingerprint density at radius 2 is 1.23 bits per heavy atom. The quantitative estimate of drug-likeness (QED) is 0.00898. The highest BCUT2D eigenvalue weighted by Crippen LogP contribution is 2.48. The standard InChI is InChI=1S/C23H18N6O9S2.2C11H25NO/c1-12-5-4-6-14(9-12)25-28-22-18(40(36,37)38)11-13-10-17(39(33,34)35)21(20(24)19(13)23(22)30)27-26-15-7-2-3-8-16(15)29(31)32;2*1-3-5-7-11(4-2)10-13-9-6-8-12/h2-11,30H,24H2,1H3,(H,33,34,35)(H,36,37,38);2*11H,3-10,12H2,1-2H3. The van der Waals surface area contributed by atoms with E-state index in [0.717, 1.165) is 88.0 Å². The number of nitrogens with two attached hydrogens (primary N) is 3. The molecule has 0 aliphatic heterocycles. The van der Waals surface area contributed by atoms with Gasteiger partial charge in [-0.15, -0.1) is 15.3 Å². The molecule has 2 atom stereocenters. The summed E-state index contributed by atoms with van der Waals surface area (Å²) in [6, 6.07) is 13.2. The molecule has 0 heterocycles. The van der Waals surface area contributed by atoms with E-state index in [2.05, 4.69) is 48.2 Å². The van der Waals surface area contributed by atoms with Gasteiger partial charge in [-0.25, -0.2) is 0 Å². The molecule has 0 radical (unpaired) electrons. The molecule has 0 amide bonds. The molecule has 9 N–H and O–H groups in total. The van der Waals surface area contributed by atoms with Crippen LogP contribution in [0.15, 0.2) is 90.9 Å². The molecule has 66 heavy (non-hydrogen) atoms. The van der Waals surface area contributed by atoms with Gasteiger partial charge in [0.05, 0.1) is 21.7 Å². The van der Waals surface area contributed by atoms with Gasteiger partial charge in [0, 0.05) is 32.5 Å². The summed E-state index contributed by atoms with van der Waals surface area (Å²) < 4.78 is 79.4. The second-order valence-corrected chi connectivity index (χ2v) is 18.3. The Hall–Kier alpha value is -5.00. The van der Waals surface area contributed by atoms with Gasteiger partial charge >= 0.3 is 0 Å². The number of aromatic hydroxyl groups is 1. The summed E-state index contributed by atoms with van der Waals surface area (Å²) in [6.45, 7) is 15.7. The Labute approximate surface area is 388 Å². The van der Waals surface area contributed by atoms with Gasteiger partial charge in [0.2, 0.25) is 0 Å². The van der Waals surface area contributed by atoms with E-state index < -0.39 is 63.4 Å². The van der Waals surface area contributed by atoms with Crippen LogP contribution in [-0.4, -0.2) is 75.5 Å². The molecule has 0 saturated carbocycles. The van der Waals surface area contributed by atoms with Crippen LogP contribution in [-0.2, 0) is 29.7 Å². The van der Waals surface area contributed by atoms with E-state index in [4.69, 9.17) is 26.7 Å². The van der Waals surface area contributed by atoms with Crippen molar-refractivity contribution in [2.24, 2.45) is 43.8 Å². The molecular formula is C45H68N8O11S2. The maximum Gasteiger partial charge on any atom is 0.296 e. The van der Waals surface area contributed by atoms with Crippen molar-refractivity contribution in [3.8, 4) is 5.75 Å². The zero-order valence-electron chi connectivity index (χ0n) is 38.6. The molecule has 0 saturated heterocycles. The average Bonchev–Trinajstić information content (AvgIpc) is 3.27. The number of azo groups is 2. The van der Waals surface area contributed by atoms with E-state index >= 15 is 0 Å². The predicted molar refractivity (Wildman–Crippen MR) is 258 cm³/mol. The van der Waals surface area contributed by atoms with E-state index in [9.17, 15) is 41.2 Å². The summed E-state index contributed by atoms with van der Waals surface area (Å²) in [5.74, 6) is 0.596. The van der Waals surface area contributed by atoms with Crippen LogP contribution < -0.4 is 17.2 Å². The van der Waals surface area contributed by atoms with Gasteiger partial charge in [-0.1, -0.05) is 90.5 Å². The molecule has 0 aliphatic carbocycles. The number of unbranched alkanes of at least 4 members (excludes halogenated alkanes) is 2. The number of fused-ring (bicyclic) bond motifs is 1. The highest BCUT2D eigenvalue weighted by Gasteiger charge is 2.28. The summed E-state index contributed by atoms with van der Waals surface area (Å²) in [6.07, 6.45) is 12.3. The van der Waals surface area contributed by atoms with Crippen molar-refractivity contribution in [2.75, 3.05) is 45.3 Å². The lowest BCUT2D eigenvalue weighted by Gasteiger charge is -2.14. The van der Waals surface area contributed by atoms with Gasteiger partial charge < -0.3 is 31.8 Å². The van der Waals surface area contributed by atoms with Crippen molar-refractivity contribution in [1.29, 1.82) is 0 Å². The van der Waals surface area contributed by atoms with Gasteiger partial charge in [-0.2, -0.15) is 21.9 Å². The highest BCUT2D eigenvalue weighted by molar-refractivity contribution is 7.86. The minimum atomic E-state index is -5.10.